The van der Waals surface area contributed by atoms with Crippen molar-refractivity contribution in [1.82, 2.24) is 0 Å². The highest BCUT2D eigenvalue weighted by Gasteiger charge is 2.13. The maximum absolute atomic E-state index is 11.7. The molecule has 1 N–H and O–H groups in total. The lowest BCUT2D eigenvalue weighted by Gasteiger charge is -2.10. The lowest BCUT2D eigenvalue weighted by molar-refractivity contribution is 0.0595. The van der Waals surface area contributed by atoms with Crippen molar-refractivity contribution in [3.05, 3.63) is 23.8 Å². The van der Waals surface area contributed by atoms with Crippen molar-refractivity contribution in [2.24, 2.45) is 0 Å². The molecule has 0 aliphatic heterocycles. The number of unbranched alkanes of at least 4 members (excludes halogenated alkanes) is 9. The fourth-order valence-electron chi connectivity index (χ4n) is 2.68. The number of ether oxygens (including phenoxy) is 2. The zero-order valence-corrected chi connectivity index (χ0v) is 15.2. The fourth-order valence-corrected chi connectivity index (χ4v) is 2.68. The molecule has 24 heavy (non-hydrogen) atoms. The minimum absolute atomic E-state index is 0.0293. The minimum atomic E-state index is -0.496. The summed E-state index contributed by atoms with van der Waals surface area (Å²) in [4.78, 5) is 11.7. The Bertz CT molecular complexity index is 471. The number of phenols is 1. The zero-order chi connectivity index (χ0) is 17.6. The molecule has 0 bridgehead atoms. The van der Waals surface area contributed by atoms with Gasteiger partial charge in [-0.1, -0.05) is 64.7 Å². The third-order valence-electron chi connectivity index (χ3n) is 4.12. The fraction of sp³-hybridized carbons (Fsp3) is 0.650. The van der Waals surface area contributed by atoms with Crippen LogP contribution in [0.3, 0.4) is 0 Å². The van der Waals surface area contributed by atoms with Crippen LogP contribution in [0.1, 0.15) is 81.5 Å². The zero-order valence-electron chi connectivity index (χ0n) is 15.2. The second-order valence-electron chi connectivity index (χ2n) is 6.20. The van der Waals surface area contributed by atoms with Crippen molar-refractivity contribution in [2.45, 2.75) is 71.1 Å². The third-order valence-corrected chi connectivity index (χ3v) is 4.12. The molecule has 0 aliphatic rings. The summed E-state index contributed by atoms with van der Waals surface area (Å²) in [5, 5.41) is 9.48. The summed E-state index contributed by atoms with van der Waals surface area (Å²) in [7, 11) is 1.32. The van der Waals surface area contributed by atoms with E-state index >= 15 is 0 Å². The van der Waals surface area contributed by atoms with Crippen LogP contribution in [-0.4, -0.2) is 24.8 Å². The Labute approximate surface area is 146 Å². The molecule has 0 fully saturated rings. The van der Waals surface area contributed by atoms with Gasteiger partial charge in [-0.25, -0.2) is 4.79 Å². The molecule has 4 heteroatoms. The minimum Gasteiger partial charge on any atom is -0.508 e. The van der Waals surface area contributed by atoms with Crippen molar-refractivity contribution in [3.8, 4) is 11.5 Å². The summed E-state index contributed by atoms with van der Waals surface area (Å²) in [6, 6.07) is 4.50. The van der Waals surface area contributed by atoms with Gasteiger partial charge >= 0.3 is 5.97 Å². The lowest BCUT2D eigenvalue weighted by atomic mass is 10.1. The van der Waals surface area contributed by atoms with Gasteiger partial charge in [0.2, 0.25) is 0 Å². The lowest BCUT2D eigenvalue weighted by Crippen LogP contribution is -2.06. The van der Waals surface area contributed by atoms with Gasteiger partial charge in [0.25, 0.3) is 0 Å². The summed E-state index contributed by atoms with van der Waals surface area (Å²) in [6.45, 7) is 2.82. The van der Waals surface area contributed by atoms with Crippen LogP contribution in [0.25, 0.3) is 0 Å². The number of phenolic OH excluding ortho intramolecular Hbond substituents is 1. The Hall–Kier alpha value is -1.71. The van der Waals surface area contributed by atoms with E-state index in [1.165, 1.54) is 70.6 Å². The van der Waals surface area contributed by atoms with Crippen molar-refractivity contribution in [3.63, 3.8) is 0 Å². The van der Waals surface area contributed by atoms with Crippen LogP contribution in [0, 0.1) is 0 Å². The predicted molar refractivity (Wildman–Crippen MR) is 96.8 cm³/mol. The van der Waals surface area contributed by atoms with Gasteiger partial charge in [-0.15, -0.1) is 0 Å². The normalized spacial score (nSPS) is 10.6. The number of hydrogen-bond acceptors (Lipinski definition) is 4. The van der Waals surface area contributed by atoms with Gasteiger partial charge in [0.1, 0.15) is 17.1 Å². The van der Waals surface area contributed by atoms with Gasteiger partial charge in [0.15, 0.2) is 0 Å². The molecule has 4 nitrogen and oxygen atoms in total. The van der Waals surface area contributed by atoms with Crippen LogP contribution in [0.5, 0.6) is 11.5 Å². The van der Waals surface area contributed by atoms with Crippen LogP contribution in [0.4, 0.5) is 0 Å². The van der Waals surface area contributed by atoms with Gasteiger partial charge in [-0.2, -0.15) is 0 Å². The monoisotopic (exact) mass is 336 g/mol. The molecule has 0 aromatic heterocycles. The van der Waals surface area contributed by atoms with Crippen LogP contribution >= 0.6 is 0 Å². The summed E-state index contributed by atoms with van der Waals surface area (Å²) in [5.41, 5.74) is 0.268. The molecule has 0 radical (unpaired) electrons. The molecular formula is C20H32O4. The Kier molecular flexibility index (Phi) is 10.7. The summed E-state index contributed by atoms with van der Waals surface area (Å²) < 4.78 is 10.4. The highest BCUT2D eigenvalue weighted by molar-refractivity contribution is 5.92. The number of esters is 1. The second kappa shape index (κ2) is 12.7. The Morgan fingerprint density at radius 3 is 2.12 bits per heavy atom. The number of benzene rings is 1. The van der Waals surface area contributed by atoms with Crippen molar-refractivity contribution >= 4 is 5.97 Å². The van der Waals surface area contributed by atoms with Crippen molar-refractivity contribution in [2.75, 3.05) is 13.7 Å². The van der Waals surface area contributed by atoms with E-state index in [0.717, 1.165) is 12.8 Å². The largest absolute Gasteiger partial charge is 0.508 e. The summed E-state index contributed by atoms with van der Waals surface area (Å²) >= 11 is 0. The number of hydrogen-bond donors (Lipinski definition) is 1. The third kappa shape index (κ3) is 8.23. The van der Waals surface area contributed by atoms with Crippen molar-refractivity contribution in [1.29, 1.82) is 0 Å². The van der Waals surface area contributed by atoms with Crippen LogP contribution in [0.15, 0.2) is 18.2 Å². The number of methoxy groups -OCH3 is 1. The van der Waals surface area contributed by atoms with Gasteiger partial charge in [0.05, 0.1) is 13.7 Å². The maximum Gasteiger partial charge on any atom is 0.341 e. The molecule has 0 saturated heterocycles. The van der Waals surface area contributed by atoms with E-state index in [1.54, 1.807) is 6.07 Å². The average Bonchev–Trinajstić information content (AvgIpc) is 2.60. The van der Waals surface area contributed by atoms with Gasteiger partial charge < -0.3 is 14.6 Å². The van der Waals surface area contributed by atoms with E-state index in [2.05, 4.69) is 6.92 Å². The topological polar surface area (TPSA) is 55.8 Å². The summed E-state index contributed by atoms with van der Waals surface area (Å²) in [6.07, 6.45) is 12.7. The average molecular weight is 336 g/mol. The highest BCUT2D eigenvalue weighted by atomic mass is 16.5. The molecule has 0 unspecified atom stereocenters. The first kappa shape index (κ1) is 20.3. The molecule has 0 heterocycles. The van der Waals surface area contributed by atoms with E-state index in [1.807, 2.05) is 0 Å². The number of carbonyl (C=O) groups is 1. The first-order valence-corrected chi connectivity index (χ1v) is 9.23. The predicted octanol–water partition coefficient (Wildman–Crippen LogP) is 5.48. The molecule has 0 saturated carbocycles. The van der Waals surface area contributed by atoms with Crippen LogP contribution in [-0.2, 0) is 4.74 Å². The molecule has 0 aliphatic carbocycles. The van der Waals surface area contributed by atoms with Gasteiger partial charge in [0, 0.05) is 0 Å². The number of carbonyl (C=O) groups excluding carboxylic acids is 1. The number of rotatable bonds is 13. The van der Waals surface area contributed by atoms with Crippen LogP contribution in [0.2, 0.25) is 0 Å². The molecule has 0 spiro atoms. The first-order chi connectivity index (χ1) is 11.7. The Balaban J connectivity index is 2.14. The van der Waals surface area contributed by atoms with Gasteiger partial charge in [-0.05, 0) is 24.6 Å². The standard InChI is InChI=1S/C20H32O4/c1-3-4-5-6-7-8-9-10-11-12-15-24-19-14-13-17(21)16-18(19)20(22)23-2/h13-14,16,21H,3-12,15H2,1-2H3. The van der Waals surface area contributed by atoms with Crippen molar-refractivity contribution < 1.29 is 19.4 Å². The molecular weight excluding hydrogens is 304 g/mol. The summed E-state index contributed by atoms with van der Waals surface area (Å²) in [5.74, 6) is 0.00114. The Morgan fingerprint density at radius 1 is 0.958 bits per heavy atom. The molecule has 0 amide bonds. The maximum atomic E-state index is 11.7. The van der Waals surface area contributed by atoms with E-state index in [9.17, 15) is 9.90 Å². The van der Waals surface area contributed by atoms with Crippen LogP contribution < -0.4 is 4.74 Å². The van der Waals surface area contributed by atoms with E-state index in [-0.39, 0.29) is 11.3 Å². The molecule has 1 aromatic carbocycles. The molecule has 0 atom stereocenters. The van der Waals surface area contributed by atoms with E-state index < -0.39 is 5.97 Å². The Morgan fingerprint density at radius 2 is 1.54 bits per heavy atom. The smallest absolute Gasteiger partial charge is 0.341 e. The molecule has 136 valence electrons. The second-order valence-corrected chi connectivity index (χ2v) is 6.20. The molecule has 1 rings (SSSR count). The van der Waals surface area contributed by atoms with Gasteiger partial charge in [-0.3, -0.25) is 0 Å². The molecule has 1 aromatic rings. The van der Waals surface area contributed by atoms with E-state index in [4.69, 9.17) is 9.47 Å². The highest BCUT2D eigenvalue weighted by Crippen LogP contribution is 2.24. The SMILES string of the molecule is CCCCCCCCCCCCOc1ccc(O)cc1C(=O)OC. The van der Waals surface area contributed by atoms with E-state index in [0.29, 0.717) is 12.4 Å². The number of aromatic hydroxyl groups is 1. The quantitative estimate of drug-likeness (QED) is 0.383. The first-order valence-electron chi connectivity index (χ1n) is 9.23.